The van der Waals surface area contributed by atoms with E-state index in [4.69, 9.17) is 0 Å². The second kappa shape index (κ2) is 5.72. The molecule has 6 nitrogen and oxygen atoms in total. The molecule has 2 aliphatic heterocycles. The summed E-state index contributed by atoms with van der Waals surface area (Å²) < 4.78 is 54.7. The average molecular weight is 392 g/mol. The molecule has 2 aromatic carbocycles. The molecule has 0 unspecified atom stereocenters. The number of amides is 4. The number of rotatable bonds is 2. The van der Waals surface area contributed by atoms with Crippen LogP contribution in [-0.4, -0.2) is 40.5 Å². The number of nitrogens with zero attached hydrogens (tertiary/aromatic N) is 2. The summed E-state index contributed by atoms with van der Waals surface area (Å²) in [5, 5.41) is 0. The Hall–Kier alpha value is -3.56. The van der Waals surface area contributed by atoms with Crippen molar-refractivity contribution in [2.24, 2.45) is 0 Å². The summed E-state index contributed by atoms with van der Waals surface area (Å²) in [6.45, 7) is -0.521. The van der Waals surface area contributed by atoms with Crippen LogP contribution in [0.3, 0.4) is 0 Å². The van der Waals surface area contributed by atoms with Gasteiger partial charge < -0.3 is 0 Å². The third-order valence-electron chi connectivity index (χ3n) is 4.68. The quantitative estimate of drug-likeness (QED) is 0.340. The number of hydrogen-bond acceptors (Lipinski definition) is 4. The third kappa shape index (κ3) is 2.14. The topological polar surface area (TPSA) is 74.8 Å². The molecular weight excluding hydrogens is 384 g/mol. The molecule has 0 saturated heterocycles. The number of hydrogen-bond donors (Lipinski definition) is 0. The molecule has 0 bridgehead atoms. The lowest BCUT2D eigenvalue weighted by molar-refractivity contribution is 0.0636. The maximum atomic E-state index is 13.9. The Balaban J connectivity index is 1.73. The Bertz CT molecular complexity index is 1100. The number of fused-ring (bicyclic) bond motifs is 2. The molecule has 0 spiro atoms. The molecule has 4 rings (SSSR count). The minimum atomic E-state index is -2.19. The van der Waals surface area contributed by atoms with Gasteiger partial charge >= 0.3 is 0 Å². The van der Waals surface area contributed by atoms with Gasteiger partial charge in [-0.3, -0.25) is 29.0 Å². The molecule has 2 aliphatic rings. The summed E-state index contributed by atoms with van der Waals surface area (Å²) in [4.78, 5) is 49.9. The van der Waals surface area contributed by atoms with Crippen molar-refractivity contribution in [1.82, 2.24) is 9.80 Å². The van der Waals surface area contributed by atoms with Crippen LogP contribution in [0.4, 0.5) is 17.6 Å². The maximum absolute atomic E-state index is 13.9. The van der Waals surface area contributed by atoms with Crippen LogP contribution in [-0.2, 0) is 6.54 Å². The van der Waals surface area contributed by atoms with Crippen molar-refractivity contribution in [2.45, 2.75) is 6.54 Å². The van der Waals surface area contributed by atoms with E-state index in [1.54, 1.807) is 0 Å². The molecular formula is C18H8F4N2O4. The number of halogens is 4. The lowest BCUT2D eigenvalue weighted by Crippen LogP contribution is -2.29. The fraction of sp³-hybridized carbons (Fsp3) is 0.111. The normalized spacial score (nSPS) is 15.6. The van der Waals surface area contributed by atoms with Gasteiger partial charge in [0.25, 0.3) is 23.6 Å². The van der Waals surface area contributed by atoms with Gasteiger partial charge in [0, 0.05) is 7.05 Å². The number of carbonyl (C=O) groups is 4. The molecule has 0 fully saturated rings. The summed E-state index contributed by atoms with van der Waals surface area (Å²) in [6.07, 6.45) is 0. The van der Waals surface area contributed by atoms with Crippen molar-refractivity contribution < 1.29 is 36.7 Å². The van der Waals surface area contributed by atoms with E-state index in [-0.39, 0.29) is 16.7 Å². The van der Waals surface area contributed by atoms with E-state index in [1.807, 2.05) is 0 Å². The molecule has 0 aromatic heterocycles. The second-order valence-electron chi connectivity index (χ2n) is 6.25. The summed E-state index contributed by atoms with van der Waals surface area (Å²) in [6, 6.07) is 3.92. The zero-order chi connectivity index (χ0) is 20.5. The molecule has 4 amide bonds. The van der Waals surface area contributed by atoms with Gasteiger partial charge in [-0.05, 0) is 17.7 Å². The fourth-order valence-corrected chi connectivity index (χ4v) is 3.23. The van der Waals surface area contributed by atoms with Gasteiger partial charge in [0.1, 0.15) is 0 Å². The van der Waals surface area contributed by atoms with Gasteiger partial charge in [0.2, 0.25) is 0 Å². The van der Waals surface area contributed by atoms with Gasteiger partial charge in [-0.25, -0.2) is 17.6 Å². The smallest absolute Gasteiger partial charge is 0.265 e. The number of carbonyl (C=O) groups excluding carboxylic acids is 4. The summed E-state index contributed by atoms with van der Waals surface area (Å²) >= 11 is 0. The van der Waals surface area contributed by atoms with Crippen LogP contribution in [0.2, 0.25) is 0 Å². The first kappa shape index (κ1) is 17.8. The Morgan fingerprint density at radius 3 is 1.75 bits per heavy atom. The van der Waals surface area contributed by atoms with Crippen LogP contribution >= 0.6 is 0 Å². The van der Waals surface area contributed by atoms with Crippen LogP contribution in [0, 0.1) is 23.3 Å². The highest BCUT2D eigenvalue weighted by Crippen LogP contribution is 2.33. The van der Waals surface area contributed by atoms with Crippen molar-refractivity contribution in [2.75, 3.05) is 7.05 Å². The maximum Gasteiger partial charge on any atom is 0.265 e. The zero-order valence-electron chi connectivity index (χ0n) is 14.0. The molecule has 0 radical (unpaired) electrons. The van der Waals surface area contributed by atoms with E-state index >= 15 is 0 Å². The summed E-state index contributed by atoms with van der Waals surface area (Å²) in [5.41, 5.74) is -2.01. The highest BCUT2D eigenvalue weighted by molar-refractivity contribution is 6.22. The van der Waals surface area contributed by atoms with Gasteiger partial charge in [0.15, 0.2) is 23.3 Å². The van der Waals surface area contributed by atoms with Crippen LogP contribution in [0.15, 0.2) is 18.2 Å². The van der Waals surface area contributed by atoms with Gasteiger partial charge in [-0.1, -0.05) is 6.07 Å². The molecule has 2 heterocycles. The first-order valence-corrected chi connectivity index (χ1v) is 7.82. The Kier molecular flexibility index (Phi) is 3.64. The SMILES string of the molecule is CN1C(=O)c2ccc(CN3C(=O)c4c(F)c(F)c(F)c(F)c4C3=O)cc2C1=O. The van der Waals surface area contributed by atoms with Crippen molar-refractivity contribution in [3.8, 4) is 0 Å². The average Bonchev–Trinajstić information content (AvgIpc) is 3.05. The molecule has 28 heavy (non-hydrogen) atoms. The van der Waals surface area contributed by atoms with Crippen molar-refractivity contribution >= 4 is 23.6 Å². The lowest BCUT2D eigenvalue weighted by atomic mass is 10.1. The standard InChI is InChI=1S/C18H8F4N2O4/c1-23-15(25)7-3-2-6(4-8(7)16(23)26)5-24-17(27)9-10(18(24)28)12(20)14(22)13(21)11(9)19/h2-4H,5H2,1H3. The van der Waals surface area contributed by atoms with Gasteiger partial charge in [-0.15, -0.1) is 0 Å². The highest BCUT2D eigenvalue weighted by atomic mass is 19.2. The largest absolute Gasteiger partial charge is 0.277 e. The first-order chi connectivity index (χ1) is 13.1. The molecule has 0 aliphatic carbocycles. The van der Waals surface area contributed by atoms with E-state index in [0.717, 1.165) is 4.90 Å². The van der Waals surface area contributed by atoms with E-state index in [2.05, 4.69) is 0 Å². The Morgan fingerprint density at radius 2 is 1.21 bits per heavy atom. The molecule has 10 heteroatoms. The molecule has 142 valence electrons. The van der Waals surface area contributed by atoms with E-state index in [0.29, 0.717) is 4.90 Å². The highest BCUT2D eigenvalue weighted by Gasteiger charge is 2.44. The Morgan fingerprint density at radius 1 is 0.714 bits per heavy atom. The third-order valence-corrected chi connectivity index (χ3v) is 4.68. The van der Waals surface area contributed by atoms with Gasteiger partial charge in [-0.2, -0.15) is 0 Å². The summed E-state index contributed by atoms with van der Waals surface area (Å²) in [7, 11) is 1.28. The fourth-order valence-electron chi connectivity index (χ4n) is 3.23. The van der Waals surface area contributed by atoms with Crippen LogP contribution in [0.5, 0.6) is 0 Å². The van der Waals surface area contributed by atoms with Crippen molar-refractivity contribution in [3.05, 3.63) is 69.3 Å². The number of benzene rings is 2. The van der Waals surface area contributed by atoms with Crippen molar-refractivity contribution in [1.29, 1.82) is 0 Å². The monoisotopic (exact) mass is 392 g/mol. The summed E-state index contributed by atoms with van der Waals surface area (Å²) in [5.74, 6) is -12.1. The molecule has 0 saturated carbocycles. The van der Waals surface area contributed by atoms with E-state index in [9.17, 15) is 36.7 Å². The second-order valence-corrected chi connectivity index (χ2v) is 6.25. The minimum Gasteiger partial charge on any atom is -0.277 e. The predicted molar refractivity (Wildman–Crippen MR) is 83.3 cm³/mol. The first-order valence-electron chi connectivity index (χ1n) is 7.82. The Labute approximate surface area is 153 Å². The number of imide groups is 2. The zero-order valence-corrected chi connectivity index (χ0v) is 14.0. The predicted octanol–water partition coefficient (Wildman–Crippen LogP) is 2.27. The van der Waals surface area contributed by atoms with Gasteiger partial charge in [0.05, 0.1) is 28.8 Å². The van der Waals surface area contributed by atoms with E-state index < -0.39 is 64.6 Å². The van der Waals surface area contributed by atoms with Crippen LogP contribution in [0.25, 0.3) is 0 Å². The van der Waals surface area contributed by atoms with Crippen LogP contribution < -0.4 is 0 Å². The van der Waals surface area contributed by atoms with Crippen LogP contribution in [0.1, 0.15) is 47.0 Å². The molecule has 0 atom stereocenters. The minimum absolute atomic E-state index is 0.0380. The van der Waals surface area contributed by atoms with Crippen molar-refractivity contribution in [3.63, 3.8) is 0 Å². The van der Waals surface area contributed by atoms with E-state index in [1.165, 1.54) is 25.2 Å². The molecule has 0 N–H and O–H groups in total. The lowest BCUT2D eigenvalue weighted by Gasteiger charge is -2.14. The molecule has 2 aromatic rings.